The number of hydrogen-bond donors (Lipinski definition) is 0. The average molecular weight is 202 g/mol. The van der Waals surface area contributed by atoms with Crippen molar-refractivity contribution in [2.75, 3.05) is 7.11 Å². The molecule has 0 aromatic heterocycles. The SMILES string of the molecule is COc1ccc(C)c(Cl)c1[N+](=O)[O-]. The summed E-state index contributed by atoms with van der Waals surface area (Å²) in [4.78, 5) is 10.0. The van der Waals surface area contributed by atoms with Crippen molar-refractivity contribution in [2.24, 2.45) is 0 Å². The third kappa shape index (κ3) is 1.72. The van der Waals surface area contributed by atoms with Gasteiger partial charge in [0.1, 0.15) is 5.02 Å². The highest BCUT2D eigenvalue weighted by Crippen LogP contribution is 2.36. The van der Waals surface area contributed by atoms with E-state index in [0.29, 0.717) is 5.56 Å². The first-order chi connectivity index (χ1) is 6.07. The van der Waals surface area contributed by atoms with Crippen molar-refractivity contribution in [3.8, 4) is 5.75 Å². The van der Waals surface area contributed by atoms with Crippen LogP contribution >= 0.6 is 11.6 Å². The van der Waals surface area contributed by atoms with Crippen molar-refractivity contribution in [1.29, 1.82) is 0 Å². The van der Waals surface area contributed by atoms with Gasteiger partial charge in [-0.1, -0.05) is 17.7 Å². The Bertz CT molecular complexity index is 351. The van der Waals surface area contributed by atoms with E-state index in [-0.39, 0.29) is 16.5 Å². The molecule has 0 saturated carbocycles. The lowest BCUT2D eigenvalue weighted by atomic mass is 10.2. The van der Waals surface area contributed by atoms with Crippen molar-refractivity contribution in [1.82, 2.24) is 0 Å². The monoisotopic (exact) mass is 201 g/mol. The van der Waals surface area contributed by atoms with Gasteiger partial charge in [0.15, 0.2) is 5.75 Å². The Morgan fingerprint density at radius 3 is 2.62 bits per heavy atom. The summed E-state index contributed by atoms with van der Waals surface area (Å²) in [6, 6.07) is 3.20. The van der Waals surface area contributed by atoms with Crippen LogP contribution in [0.4, 0.5) is 5.69 Å². The van der Waals surface area contributed by atoms with Gasteiger partial charge in [-0.2, -0.15) is 0 Å². The standard InChI is InChI=1S/C8H8ClNO3/c1-5-3-4-6(13-2)8(7(5)9)10(11)12/h3-4H,1-2H3. The molecule has 5 heteroatoms. The van der Waals surface area contributed by atoms with Gasteiger partial charge in [-0.3, -0.25) is 10.1 Å². The third-order valence-corrected chi connectivity index (χ3v) is 2.15. The van der Waals surface area contributed by atoms with Crippen LogP contribution in [-0.2, 0) is 0 Å². The second-order valence-corrected chi connectivity index (χ2v) is 2.88. The predicted molar refractivity (Wildman–Crippen MR) is 49.4 cm³/mol. The van der Waals surface area contributed by atoms with E-state index in [1.807, 2.05) is 0 Å². The Hall–Kier alpha value is -1.29. The smallest absolute Gasteiger partial charge is 0.329 e. The molecular weight excluding hydrogens is 194 g/mol. The minimum absolute atomic E-state index is 0.129. The molecule has 0 aliphatic rings. The zero-order chi connectivity index (χ0) is 10.0. The van der Waals surface area contributed by atoms with Crippen LogP contribution in [0, 0.1) is 17.0 Å². The quantitative estimate of drug-likeness (QED) is 0.546. The molecule has 0 amide bonds. The number of hydrogen-bond acceptors (Lipinski definition) is 3. The Morgan fingerprint density at radius 2 is 2.15 bits per heavy atom. The molecule has 13 heavy (non-hydrogen) atoms. The summed E-state index contributed by atoms with van der Waals surface area (Å²) in [6.07, 6.45) is 0. The second kappa shape index (κ2) is 3.62. The van der Waals surface area contributed by atoms with Gasteiger partial charge < -0.3 is 4.74 Å². The van der Waals surface area contributed by atoms with E-state index in [1.54, 1.807) is 13.0 Å². The van der Waals surface area contributed by atoms with E-state index in [2.05, 4.69) is 0 Å². The lowest BCUT2D eigenvalue weighted by Crippen LogP contribution is -1.95. The molecule has 0 atom stereocenters. The summed E-state index contributed by atoms with van der Waals surface area (Å²) in [5.74, 6) is 0.181. The van der Waals surface area contributed by atoms with Gasteiger partial charge in [0.25, 0.3) is 0 Å². The highest BCUT2D eigenvalue weighted by Gasteiger charge is 2.20. The molecule has 0 N–H and O–H groups in total. The minimum Gasteiger partial charge on any atom is -0.490 e. The first-order valence-electron chi connectivity index (χ1n) is 3.55. The average Bonchev–Trinajstić information content (AvgIpc) is 2.08. The van der Waals surface area contributed by atoms with E-state index in [4.69, 9.17) is 16.3 Å². The van der Waals surface area contributed by atoms with Crippen LogP contribution < -0.4 is 4.74 Å². The summed E-state index contributed by atoms with van der Waals surface area (Å²) in [6.45, 7) is 1.70. The Labute approximate surface area is 80.2 Å². The fourth-order valence-corrected chi connectivity index (χ4v) is 1.21. The zero-order valence-electron chi connectivity index (χ0n) is 7.20. The second-order valence-electron chi connectivity index (χ2n) is 2.50. The summed E-state index contributed by atoms with van der Waals surface area (Å²) in [5, 5.41) is 10.7. The van der Waals surface area contributed by atoms with Gasteiger partial charge in [0.2, 0.25) is 0 Å². The van der Waals surface area contributed by atoms with E-state index in [9.17, 15) is 10.1 Å². The minimum atomic E-state index is -0.547. The van der Waals surface area contributed by atoms with Gasteiger partial charge >= 0.3 is 5.69 Å². The van der Waals surface area contributed by atoms with Crippen LogP contribution in [0.2, 0.25) is 5.02 Å². The van der Waals surface area contributed by atoms with Crippen LogP contribution in [0.15, 0.2) is 12.1 Å². The number of nitro groups is 1. The molecule has 1 aromatic carbocycles. The van der Waals surface area contributed by atoms with Crippen LogP contribution in [0.5, 0.6) is 5.75 Å². The van der Waals surface area contributed by atoms with Gasteiger partial charge in [0.05, 0.1) is 12.0 Å². The molecule has 70 valence electrons. The summed E-state index contributed by atoms with van der Waals surface area (Å²) in [5.41, 5.74) is 0.485. The maximum Gasteiger partial charge on any atom is 0.329 e. The highest BCUT2D eigenvalue weighted by molar-refractivity contribution is 6.33. The van der Waals surface area contributed by atoms with E-state index < -0.39 is 4.92 Å². The van der Waals surface area contributed by atoms with E-state index in [0.717, 1.165) is 0 Å². The Balaban J connectivity index is 3.41. The summed E-state index contributed by atoms with van der Waals surface area (Å²) < 4.78 is 4.82. The first-order valence-corrected chi connectivity index (χ1v) is 3.93. The van der Waals surface area contributed by atoms with Gasteiger partial charge in [0, 0.05) is 0 Å². The molecule has 0 heterocycles. The molecule has 0 spiro atoms. The number of nitro benzene ring substituents is 1. The molecule has 4 nitrogen and oxygen atoms in total. The highest BCUT2D eigenvalue weighted by atomic mass is 35.5. The number of benzene rings is 1. The number of ether oxygens (including phenoxy) is 1. The molecule has 1 aromatic rings. The predicted octanol–water partition coefficient (Wildman–Crippen LogP) is 2.57. The molecule has 0 saturated heterocycles. The zero-order valence-corrected chi connectivity index (χ0v) is 7.96. The third-order valence-electron chi connectivity index (χ3n) is 1.67. The van der Waals surface area contributed by atoms with Crippen LogP contribution in [0.25, 0.3) is 0 Å². The number of nitrogens with zero attached hydrogens (tertiary/aromatic N) is 1. The van der Waals surface area contributed by atoms with Crippen molar-refractivity contribution in [3.63, 3.8) is 0 Å². The molecule has 0 radical (unpaired) electrons. The van der Waals surface area contributed by atoms with Crippen molar-refractivity contribution < 1.29 is 9.66 Å². The molecule has 0 fully saturated rings. The molecule has 0 unspecified atom stereocenters. The number of rotatable bonds is 2. The largest absolute Gasteiger partial charge is 0.490 e. The first kappa shape index (κ1) is 9.80. The molecule has 0 bridgehead atoms. The maximum atomic E-state index is 10.6. The fraction of sp³-hybridized carbons (Fsp3) is 0.250. The van der Waals surface area contributed by atoms with E-state index >= 15 is 0 Å². The van der Waals surface area contributed by atoms with Crippen molar-refractivity contribution in [2.45, 2.75) is 6.92 Å². The topological polar surface area (TPSA) is 52.4 Å². The van der Waals surface area contributed by atoms with E-state index in [1.165, 1.54) is 13.2 Å². The fourth-order valence-electron chi connectivity index (χ4n) is 0.983. The summed E-state index contributed by atoms with van der Waals surface area (Å²) >= 11 is 5.75. The number of methoxy groups -OCH3 is 1. The van der Waals surface area contributed by atoms with Crippen LogP contribution in [0.3, 0.4) is 0 Å². The molecule has 0 aliphatic heterocycles. The van der Waals surface area contributed by atoms with Crippen molar-refractivity contribution in [3.05, 3.63) is 32.8 Å². The summed E-state index contributed by atoms with van der Waals surface area (Å²) in [7, 11) is 1.37. The van der Waals surface area contributed by atoms with Gasteiger partial charge in [-0.05, 0) is 18.6 Å². The maximum absolute atomic E-state index is 10.6. The molecule has 0 aliphatic carbocycles. The molecule has 1 rings (SSSR count). The lowest BCUT2D eigenvalue weighted by molar-refractivity contribution is -0.385. The normalized spacial score (nSPS) is 9.77. The van der Waals surface area contributed by atoms with Crippen LogP contribution in [-0.4, -0.2) is 12.0 Å². The Morgan fingerprint density at radius 1 is 1.54 bits per heavy atom. The van der Waals surface area contributed by atoms with Gasteiger partial charge in [-0.25, -0.2) is 0 Å². The number of halogens is 1. The number of aryl methyl sites for hydroxylation is 1. The van der Waals surface area contributed by atoms with Gasteiger partial charge in [-0.15, -0.1) is 0 Å². The molecular formula is C8H8ClNO3. The lowest BCUT2D eigenvalue weighted by Gasteiger charge is -2.04. The van der Waals surface area contributed by atoms with Crippen molar-refractivity contribution >= 4 is 17.3 Å². The Kier molecular flexibility index (Phi) is 2.72. The van der Waals surface area contributed by atoms with Crippen LogP contribution in [0.1, 0.15) is 5.56 Å².